The lowest BCUT2D eigenvalue weighted by molar-refractivity contribution is 0.0241. The smallest absolute Gasteiger partial charge is 0.0927 e. The summed E-state index contributed by atoms with van der Waals surface area (Å²) < 4.78 is 11.6. The van der Waals surface area contributed by atoms with Crippen LogP contribution in [0.4, 0.5) is 0 Å². The first-order chi connectivity index (χ1) is 33.0. The van der Waals surface area contributed by atoms with Crippen molar-refractivity contribution in [1.29, 1.82) is 0 Å². The van der Waals surface area contributed by atoms with Gasteiger partial charge in [0.05, 0.1) is 44.7 Å². The molecule has 0 spiro atoms. The van der Waals surface area contributed by atoms with Gasteiger partial charge in [-0.2, -0.15) is 0 Å². The molecule has 0 bridgehead atoms. The minimum absolute atomic E-state index is 0.313. The van der Waals surface area contributed by atoms with Crippen LogP contribution in [0.3, 0.4) is 0 Å². The topological polar surface area (TPSA) is 94.4 Å². The van der Waals surface area contributed by atoms with E-state index in [2.05, 4.69) is 106 Å². The van der Waals surface area contributed by atoms with E-state index < -0.39 is 12.2 Å². The number of unbranched alkanes of at least 4 members (excludes halogenated alkanes) is 26. The van der Waals surface area contributed by atoms with E-state index in [9.17, 15) is 15.3 Å². The van der Waals surface area contributed by atoms with Crippen LogP contribution in [0.1, 0.15) is 206 Å². The molecule has 0 saturated carbocycles. The molecule has 7 nitrogen and oxygen atoms in total. The van der Waals surface area contributed by atoms with Crippen LogP contribution in [0.15, 0.2) is 92.9 Å². The zero-order valence-corrected chi connectivity index (χ0v) is 42.7. The maximum Gasteiger partial charge on any atom is 0.0927 e. The number of aliphatic hydroxyl groups excluding tert-OH is 3. The third-order valence-corrected chi connectivity index (χ3v) is 11.5. The first-order valence-corrected chi connectivity index (χ1v) is 26.8. The summed E-state index contributed by atoms with van der Waals surface area (Å²) in [4.78, 5) is 2.03. The molecule has 0 fully saturated rings. The maximum absolute atomic E-state index is 10.9. The summed E-state index contributed by atoms with van der Waals surface area (Å²) in [6.07, 6.45) is 38.5. The molecule has 0 aliphatic heterocycles. The highest BCUT2D eigenvalue weighted by Gasteiger charge is 2.15. The van der Waals surface area contributed by atoms with Gasteiger partial charge >= 0.3 is 0 Å². The highest BCUT2D eigenvalue weighted by atomic mass is 16.5. The van der Waals surface area contributed by atoms with Crippen LogP contribution >= 0.6 is 0 Å². The van der Waals surface area contributed by atoms with E-state index in [1.54, 1.807) is 0 Å². The molecule has 0 aromatic heterocycles. The van der Waals surface area contributed by atoms with Crippen LogP contribution in [0, 0.1) is 0 Å². The summed E-state index contributed by atoms with van der Waals surface area (Å²) in [6, 6.07) is 0. The van der Waals surface area contributed by atoms with Gasteiger partial charge in [-0.15, -0.1) is 0 Å². The van der Waals surface area contributed by atoms with Gasteiger partial charge < -0.3 is 30.1 Å². The summed E-state index contributed by atoms with van der Waals surface area (Å²) in [5.41, 5.74) is 36.0. The predicted octanol–water partition coefficient (Wildman–Crippen LogP) is 13.1. The first kappa shape index (κ1) is 63.4. The van der Waals surface area contributed by atoms with Crippen LogP contribution in [0.25, 0.3) is 0 Å². The van der Waals surface area contributed by atoms with Gasteiger partial charge in [0.15, 0.2) is 0 Å². The lowest BCUT2D eigenvalue weighted by Crippen LogP contribution is -2.39. The Morgan fingerprint density at radius 2 is 0.821 bits per heavy atom. The Balaban J connectivity index is 4.58. The second-order valence-corrected chi connectivity index (χ2v) is 17.8. The number of nitrogens with zero attached hydrogens (tertiary/aromatic N) is 1. The number of hydrogen-bond donors (Lipinski definition) is 4. The number of ether oxygens (including phenoxy) is 2. The average molecular weight is 923 g/mol. The quantitative estimate of drug-likeness (QED) is 0.0357. The number of nitrogens with one attached hydrogen (secondary N) is 1. The van der Waals surface area contributed by atoms with Crippen molar-refractivity contribution in [1.82, 2.24) is 10.2 Å². The van der Waals surface area contributed by atoms with Crippen molar-refractivity contribution in [2.24, 2.45) is 0 Å². The van der Waals surface area contributed by atoms with Crippen molar-refractivity contribution in [3.05, 3.63) is 92.9 Å². The van der Waals surface area contributed by atoms with Crippen molar-refractivity contribution < 1.29 is 24.8 Å². The number of hydrogen-bond acceptors (Lipinski definition) is 7. The van der Waals surface area contributed by atoms with Gasteiger partial charge in [0, 0.05) is 32.7 Å². The molecule has 0 amide bonds. The van der Waals surface area contributed by atoms with Gasteiger partial charge in [0.25, 0.3) is 0 Å². The van der Waals surface area contributed by atoms with E-state index in [1.165, 1.54) is 167 Å². The van der Waals surface area contributed by atoms with E-state index >= 15 is 0 Å². The zero-order chi connectivity index (χ0) is 48.6. The molecule has 0 aliphatic rings. The third kappa shape index (κ3) is 53.2. The van der Waals surface area contributed by atoms with Crippen molar-refractivity contribution in [3.63, 3.8) is 0 Å². The molecule has 3 unspecified atom stereocenters. The van der Waals surface area contributed by atoms with Gasteiger partial charge in [-0.05, 0) is 94.3 Å². The Kier molecular flexibility index (Phi) is 52.0. The second kappa shape index (κ2) is 55.0. The zero-order valence-electron chi connectivity index (χ0n) is 42.7. The van der Waals surface area contributed by atoms with E-state index in [0.29, 0.717) is 59.2 Å². The highest BCUT2D eigenvalue weighted by Crippen LogP contribution is 2.16. The third-order valence-electron chi connectivity index (χ3n) is 11.5. The van der Waals surface area contributed by atoms with Gasteiger partial charge in [-0.1, -0.05) is 205 Å². The lowest BCUT2D eigenvalue weighted by Gasteiger charge is -2.26. The molecule has 4 N–H and O–H groups in total. The maximum atomic E-state index is 10.9. The van der Waals surface area contributed by atoms with Crippen LogP contribution in [-0.4, -0.2) is 97.7 Å². The monoisotopic (exact) mass is 923 g/mol. The predicted molar refractivity (Wildman–Crippen MR) is 278 cm³/mol. The largest absolute Gasteiger partial charge is 0.392 e. The van der Waals surface area contributed by atoms with Crippen molar-refractivity contribution >= 4 is 0 Å². The normalized spacial score (nSPS) is 11.6. The Labute approximate surface area is 410 Å². The van der Waals surface area contributed by atoms with E-state index in [1.807, 2.05) is 4.90 Å². The average Bonchev–Trinajstić information content (AvgIpc) is 3.32. The standard InChI is InChI=1S/C60H94N2O5/c1-4-7-10-13-16-19-22-25-28-31-34-37-40-43-46-58(63)55-61-49-51-66-53-54-67-52-50-62(56-59(64)47-44-41-38-35-32-29-26-23-20-17-14-11-8-5-2)57-60(65)48-45-42-39-36-33-30-27-24-21-18-15-12-9-6-3/h47,58-61,63-65H,2,4,6-7,9-10,12-13,15-16,18-19,21-22,24-25,27-28,30-31,33-34,36-37,39-40,42-43,45-46,48-57H2,1,3H3. The molecule has 0 rings (SSSR count). The van der Waals surface area contributed by atoms with Crippen LogP contribution in [0.5, 0.6) is 0 Å². The van der Waals surface area contributed by atoms with Crippen LogP contribution in [0.2, 0.25) is 0 Å². The van der Waals surface area contributed by atoms with Gasteiger partial charge in [0.2, 0.25) is 0 Å². The van der Waals surface area contributed by atoms with E-state index in [4.69, 9.17) is 9.47 Å². The summed E-state index contributed by atoms with van der Waals surface area (Å²) in [5.74, 6) is 0. The second-order valence-electron chi connectivity index (χ2n) is 17.8. The molecule has 0 aliphatic carbocycles. The number of rotatable bonds is 46. The molecule has 0 aromatic carbocycles. The van der Waals surface area contributed by atoms with Crippen LogP contribution in [-0.2, 0) is 9.47 Å². The minimum Gasteiger partial charge on any atom is -0.392 e. The van der Waals surface area contributed by atoms with Crippen LogP contribution < -0.4 is 5.32 Å². The lowest BCUT2D eigenvalue weighted by atomic mass is 10.0. The van der Waals surface area contributed by atoms with E-state index in [0.717, 1.165) is 32.1 Å². The number of aliphatic hydroxyl groups is 3. The molecule has 3 atom stereocenters. The molecule has 0 radical (unpaired) electrons. The van der Waals surface area contributed by atoms with Crippen molar-refractivity contribution in [2.75, 3.05) is 59.2 Å². The van der Waals surface area contributed by atoms with Gasteiger partial charge in [-0.3, -0.25) is 4.90 Å². The molecule has 0 heterocycles. The Morgan fingerprint density at radius 3 is 1.25 bits per heavy atom. The molecule has 7 heteroatoms. The van der Waals surface area contributed by atoms with Crippen molar-refractivity contribution in [2.45, 2.75) is 225 Å². The molecule has 0 saturated heterocycles. The fraction of sp³-hybridized carbons (Fsp3) is 0.733. The minimum atomic E-state index is -0.825. The fourth-order valence-electron chi connectivity index (χ4n) is 7.67. The first-order valence-electron chi connectivity index (χ1n) is 26.8. The molecular weight excluding hydrogens is 829 g/mol. The highest BCUT2D eigenvalue weighted by molar-refractivity contribution is 4.94. The Morgan fingerprint density at radius 1 is 0.448 bits per heavy atom. The summed E-state index contributed by atoms with van der Waals surface area (Å²) in [6.45, 7) is 12.5. The Hall–Kier alpha value is -3.62. The summed E-state index contributed by atoms with van der Waals surface area (Å²) in [7, 11) is 0. The fourth-order valence-corrected chi connectivity index (χ4v) is 7.67. The van der Waals surface area contributed by atoms with Gasteiger partial charge in [-0.25, -0.2) is 0 Å². The molecule has 0 aromatic rings. The molecule has 67 heavy (non-hydrogen) atoms. The summed E-state index contributed by atoms with van der Waals surface area (Å²) in [5, 5.41) is 35.4. The SMILES string of the molecule is C=C=C=C=C=C=C=C=C=C=C=C=C=C=C=CC(O)CN(CCOCCOCCNCC(O)CCCCCCCCCCCCCCCC)CC(O)CCCCCCCCCCCCCCCC. The Bertz CT molecular complexity index is 1700. The van der Waals surface area contributed by atoms with E-state index in [-0.39, 0.29) is 6.10 Å². The summed E-state index contributed by atoms with van der Waals surface area (Å²) >= 11 is 0. The molecule has 374 valence electrons. The van der Waals surface area contributed by atoms with Gasteiger partial charge in [0.1, 0.15) is 0 Å². The molecular formula is C60H94N2O5. The van der Waals surface area contributed by atoms with Crippen molar-refractivity contribution in [3.8, 4) is 0 Å².